The summed E-state index contributed by atoms with van der Waals surface area (Å²) in [6.07, 6.45) is -0.623. The van der Waals surface area contributed by atoms with Gasteiger partial charge >= 0.3 is 0 Å². The molecule has 1 unspecified atom stereocenters. The fourth-order valence-electron chi connectivity index (χ4n) is 1.93. The van der Waals surface area contributed by atoms with Crippen molar-refractivity contribution in [2.24, 2.45) is 0 Å². The number of benzene rings is 1. The fraction of sp³-hybridized carbons (Fsp3) is 0.286. The number of nitrogens with zero attached hydrogens (tertiary/aromatic N) is 1. The number of aliphatic hydroxyl groups is 1. The summed E-state index contributed by atoms with van der Waals surface area (Å²) in [5.74, 6) is 0. The van der Waals surface area contributed by atoms with E-state index in [9.17, 15) is 15.2 Å². The summed E-state index contributed by atoms with van der Waals surface area (Å²) in [6.45, 7) is 0.587. The maximum absolute atomic E-state index is 10.8. The summed E-state index contributed by atoms with van der Waals surface area (Å²) in [4.78, 5) is 10.4. The molecule has 0 fully saturated rings. The quantitative estimate of drug-likeness (QED) is 0.607. The number of methoxy groups -OCH3 is 1. The highest BCUT2D eigenvalue weighted by Crippen LogP contribution is 2.24. The van der Waals surface area contributed by atoms with Crippen molar-refractivity contribution in [2.75, 3.05) is 19.0 Å². The van der Waals surface area contributed by atoms with E-state index in [1.807, 2.05) is 16.8 Å². The minimum Gasteiger partial charge on any atom is -0.387 e. The van der Waals surface area contributed by atoms with Crippen LogP contribution in [0.25, 0.3) is 0 Å². The first-order chi connectivity index (χ1) is 10.1. The molecule has 1 atom stereocenters. The van der Waals surface area contributed by atoms with E-state index in [0.29, 0.717) is 12.1 Å². The maximum Gasteiger partial charge on any atom is 0.269 e. The Morgan fingerprint density at radius 3 is 2.90 bits per heavy atom. The average molecular weight is 308 g/mol. The topological polar surface area (TPSA) is 84.6 Å². The van der Waals surface area contributed by atoms with Crippen molar-refractivity contribution < 1.29 is 14.8 Å². The minimum atomic E-state index is -0.623. The Hall–Kier alpha value is -1.96. The van der Waals surface area contributed by atoms with Gasteiger partial charge in [0.25, 0.3) is 5.69 Å². The molecule has 0 aliphatic rings. The number of aliphatic hydroxyl groups excluding tert-OH is 1. The summed E-state index contributed by atoms with van der Waals surface area (Å²) < 4.78 is 5.06. The largest absolute Gasteiger partial charge is 0.387 e. The number of thiophene rings is 1. The van der Waals surface area contributed by atoms with Crippen molar-refractivity contribution in [3.63, 3.8) is 0 Å². The summed E-state index contributed by atoms with van der Waals surface area (Å²) >= 11 is 1.52. The summed E-state index contributed by atoms with van der Waals surface area (Å²) in [7, 11) is 1.53. The lowest BCUT2D eigenvalue weighted by Gasteiger charge is -2.14. The Morgan fingerprint density at radius 1 is 1.48 bits per heavy atom. The van der Waals surface area contributed by atoms with Crippen LogP contribution in [0.5, 0.6) is 0 Å². The Morgan fingerprint density at radius 2 is 2.29 bits per heavy atom. The predicted molar refractivity (Wildman–Crippen MR) is 81.6 cm³/mol. The van der Waals surface area contributed by atoms with E-state index in [2.05, 4.69) is 5.32 Å². The molecule has 1 aromatic carbocycles. The van der Waals surface area contributed by atoms with Gasteiger partial charge in [-0.05, 0) is 28.5 Å². The Labute approximate surface area is 126 Å². The molecule has 21 heavy (non-hydrogen) atoms. The Balaban J connectivity index is 2.09. The molecular weight excluding hydrogens is 292 g/mol. The first-order valence-electron chi connectivity index (χ1n) is 6.32. The van der Waals surface area contributed by atoms with Crippen LogP contribution in [0.15, 0.2) is 35.0 Å². The van der Waals surface area contributed by atoms with Gasteiger partial charge in [-0.1, -0.05) is 0 Å². The zero-order chi connectivity index (χ0) is 15.2. The average Bonchev–Trinajstić information content (AvgIpc) is 3.00. The van der Waals surface area contributed by atoms with E-state index < -0.39 is 11.0 Å². The van der Waals surface area contributed by atoms with Gasteiger partial charge in [-0.15, -0.1) is 0 Å². The molecule has 7 heteroatoms. The highest BCUT2D eigenvalue weighted by molar-refractivity contribution is 7.07. The minimum absolute atomic E-state index is 0.0194. The number of nitrogens with one attached hydrogen (secondary N) is 1. The molecule has 0 aliphatic heterocycles. The number of hydrogen-bond acceptors (Lipinski definition) is 6. The van der Waals surface area contributed by atoms with Crippen LogP contribution in [0.1, 0.15) is 17.2 Å². The molecule has 0 saturated heterocycles. The molecule has 0 radical (unpaired) electrons. The normalized spacial score (nSPS) is 12.1. The van der Waals surface area contributed by atoms with Gasteiger partial charge in [0.05, 0.1) is 17.6 Å². The fourth-order valence-corrected chi connectivity index (χ4v) is 2.64. The third-order valence-electron chi connectivity index (χ3n) is 3.01. The number of ether oxygens (including phenoxy) is 1. The molecule has 2 N–H and O–H groups in total. The summed E-state index contributed by atoms with van der Waals surface area (Å²) in [5.41, 5.74) is 2.27. The number of hydrogen-bond donors (Lipinski definition) is 2. The number of non-ortho nitro benzene ring substituents is 1. The summed E-state index contributed by atoms with van der Waals surface area (Å²) in [6, 6.07) is 6.40. The van der Waals surface area contributed by atoms with Crippen molar-refractivity contribution in [1.82, 2.24) is 0 Å². The lowest BCUT2D eigenvalue weighted by Crippen LogP contribution is -2.13. The first kappa shape index (κ1) is 15.4. The lowest BCUT2D eigenvalue weighted by atomic mass is 10.1. The molecule has 2 rings (SSSR count). The SMILES string of the molecule is COCc1cc([N+](=O)[O-])ccc1NCC(O)c1ccsc1. The van der Waals surface area contributed by atoms with E-state index in [4.69, 9.17) is 4.74 Å². The molecule has 0 aliphatic carbocycles. The number of nitro groups is 1. The Kier molecular flexibility index (Phi) is 5.26. The van der Waals surface area contributed by atoms with Crippen molar-refractivity contribution in [3.8, 4) is 0 Å². The molecular formula is C14H16N2O4S. The van der Waals surface area contributed by atoms with Gasteiger partial charge in [0.15, 0.2) is 0 Å². The van der Waals surface area contributed by atoms with Gasteiger partial charge in [0.1, 0.15) is 0 Å². The second-order valence-corrected chi connectivity index (χ2v) is 5.26. The van der Waals surface area contributed by atoms with Gasteiger partial charge < -0.3 is 15.2 Å². The van der Waals surface area contributed by atoms with Gasteiger partial charge in [-0.25, -0.2) is 0 Å². The monoisotopic (exact) mass is 308 g/mol. The highest BCUT2D eigenvalue weighted by Gasteiger charge is 2.13. The smallest absolute Gasteiger partial charge is 0.269 e. The number of nitro benzene ring substituents is 1. The van der Waals surface area contributed by atoms with Gasteiger partial charge in [0, 0.05) is 37.0 Å². The van der Waals surface area contributed by atoms with Crippen LogP contribution < -0.4 is 5.32 Å². The third kappa shape index (κ3) is 4.01. The molecule has 6 nitrogen and oxygen atoms in total. The van der Waals surface area contributed by atoms with E-state index >= 15 is 0 Å². The van der Waals surface area contributed by atoms with Crippen LogP contribution in [0.2, 0.25) is 0 Å². The van der Waals surface area contributed by atoms with E-state index in [1.54, 1.807) is 6.07 Å². The van der Waals surface area contributed by atoms with E-state index in [-0.39, 0.29) is 12.3 Å². The second kappa shape index (κ2) is 7.16. The van der Waals surface area contributed by atoms with Crippen LogP contribution in [-0.4, -0.2) is 23.7 Å². The van der Waals surface area contributed by atoms with Crippen molar-refractivity contribution in [1.29, 1.82) is 0 Å². The molecule has 0 bridgehead atoms. The van der Waals surface area contributed by atoms with Gasteiger partial charge in [-0.3, -0.25) is 10.1 Å². The molecule has 0 spiro atoms. The van der Waals surface area contributed by atoms with Crippen molar-refractivity contribution in [2.45, 2.75) is 12.7 Å². The third-order valence-corrected chi connectivity index (χ3v) is 3.71. The molecule has 0 saturated carbocycles. The molecule has 112 valence electrons. The van der Waals surface area contributed by atoms with Crippen LogP contribution >= 0.6 is 11.3 Å². The molecule has 2 aromatic rings. The highest BCUT2D eigenvalue weighted by atomic mass is 32.1. The zero-order valence-electron chi connectivity index (χ0n) is 11.5. The van der Waals surface area contributed by atoms with Crippen LogP contribution in [0.3, 0.4) is 0 Å². The zero-order valence-corrected chi connectivity index (χ0v) is 12.3. The van der Waals surface area contributed by atoms with Crippen molar-refractivity contribution >= 4 is 22.7 Å². The second-order valence-electron chi connectivity index (χ2n) is 4.48. The van der Waals surface area contributed by atoms with E-state index in [1.165, 1.54) is 30.6 Å². The summed E-state index contributed by atoms with van der Waals surface area (Å²) in [5, 5.41) is 27.7. The number of anilines is 1. The standard InChI is InChI=1S/C14H16N2O4S/c1-20-8-11-6-12(16(18)19)2-3-13(11)15-7-14(17)10-4-5-21-9-10/h2-6,9,14-15,17H,7-8H2,1H3. The van der Waals surface area contributed by atoms with Crippen molar-refractivity contribution in [3.05, 3.63) is 56.3 Å². The molecule has 1 aromatic heterocycles. The van der Waals surface area contributed by atoms with Gasteiger partial charge in [-0.2, -0.15) is 11.3 Å². The molecule has 1 heterocycles. The lowest BCUT2D eigenvalue weighted by molar-refractivity contribution is -0.384. The maximum atomic E-state index is 10.8. The first-order valence-corrected chi connectivity index (χ1v) is 7.26. The van der Waals surface area contributed by atoms with Crippen LogP contribution in [0, 0.1) is 10.1 Å². The van der Waals surface area contributed by atoms with E-state index in [0.717, 1.165) is 11.3 Å². The predicted octanol–water partition coefficient (Wildman–Crippen LogP) is 2.95. The van der Waals surface area contributed by atoms with Crippen LogP contribution in [-0.2, 0) is 11.3 Å². The number of rotatable bonds is 7. The van der Waals surface area contributed by atoms with Crippen LogP contribution in [0.4, 0.5) is 11.4 Å². The molecule has 0 amide bonds. The Bertz CT molecular complexity index is 601. The van der Waals surface area contributed by atoms with Gasteiger partial charge in [0.2, 0.25) is 0 Å².